The van der Waals surface area contributed by atoms with Crippen LogP contribution in [-0.4, -0.2) is 23.5 Å². The number of nitrogens with one attached hydrogen (secondary N) is 1. The summed E-state index contributed by atoms with van der Waals surface area (Å²) in [5.41, 5.74) is 0. The highest BCUT2D eigenvalue weighted by Crippen LogP contribution is 2.27. The topological polar surface area (TPSA) is 52.9 Å². The molecule has 0 aromatic rings. The first-order chi connectivity index (χ1) is 8.08. The molecule has 1 saturated carbocycles. The molecule has 4 heteroatoms. The van der Waals surface area contributed by atoms with Gasteiger partial charge in [0, 0.05) is 11.3 Å². The molecule has 0 bridgehead atoms. The third-order valence-corrected chi connectivity index (χ3v) is 4.49. The average molecular weight is 254 g/mol. The van der Waals surface area contributed by atoms with Gasteiger partial charge in [-0.05, 0) is 31.4 Å². The highest BCUT2D eigenvalue weighted by molar-refractivity contribution is 7.99. The zero-order chi connectivity index (χ0) is 12.8. The molecule has 1 rings (SSSR count). The van der Waals surface area contributed by atoms with Gasteiger partial charge in [-0.15, -0.1) is 0 Å². The summed E-state index contributed by atoms with van der Waals surface area (Å²) in [6.07, 6.45) is 6.65. The molecule has 0 saturated heterocycles. The van der Waals surface area contributed by atoms with Crippen LogP contribution in [0.5, 0.6) is 0 Å². The Bertz CT molecular complexity index is 298. The van der Waals surface area contributed by atoms with Crippen molar-refractivity contribution in [2.75, 3.05) is 6.26 Å². The molecule has 0 radical (unpaired) electrons. The van der Waals surface area contributed by atoms with Crippen LogP contribution in [0.4, 0.5) is 0 Å². The van der Waals surface area contributed by atoms with Crippen molar-refractivity contribution >= 4 is 17.7 Å². The fourth-order valence-electron chi connectivity index (χ4n) is 2.29. The molecule has 17 heavy (non-hydrogen) atoms. The zero-order valence-corrected chi connectivity index (χ0v) is 11.7. The quantitative estimate of drug-likeness (QED) is 0.839. The van der Waals surface area contributed by atoms with Crippen LogP contribution in [0.2, 0.25) is 0 Å². The van der Waals surface area contributed by atoms with Crippen molar-refractivity contribution in [1.29, 1.82) is 5.26 Å². The third kappa shape index (κ3) is 4.23. The molecule has 3 atom stereocenters. The van der Waals surface area contributed by atoms with Gasteiger partial charge in [0.2, 0.25) is 5.91 Å². The summed E-state index contributed by atoms with van der Waals surface area (Å²) in [5.74, 6) is -0.515. The van der Waals surface area contributed by atoms with E-state index in [2.05, 4.69) is 17.6 Å². The first-order valence-corrected chi connectivity index (χ1v) is 7.60. The van der Waals surface area contributed by atoms with Gasteiger partial charge in [-0.3, -0.25) is 4.79 Å². The number of carbonyl (C=O) groups excluding carboxylic acids is 1. The SMILES string of the molecule is CSC1CCCC(NC(=O)C(C#N)C(C)C)C1. The Kier molecular flexibility index (Phi) is 5.84. The Morgan fingerprint density at radius 2 is 2.18 bits per heavy atom. The smallest absolute Gasteiger partial charge is 0.237 e. The molecule has 1 amide bonds. The fourth-order valence-corrected chi connectivity index (χ4v) is 3.12. The van der Waals surface area contributed by atoms with E-state index in [0.29, 0.717) is 5.25 Å². The molecule has 0 aromatic heterocycles. The molecule has 1 aliphatic carbocycles. The lowest BCUT2D eigenvalue weighted by atomic mass is 9.92. The second-order valence-corrected chi connectivity index (χ2v) is 6.22. The molecule has 96 valence electrons. The van der Waals surface area contributed by atoms with Crippen LogP contribution in [0.25, 0.3) is 0 Å². The standard InChI is InChI=1S/C13H22N2OS/c1-9(2)12(8-14)13(16)15-10-5-4-6-11(7-10)17-3/h9-12H,4-7H2,1-3H3,(H,15,16). The van der Waals surface area contributed by atoms with Crippen LogP contribution >= 0.6 is 11.8 Å². The van der Waals surface area contributed by atoms with Crippen LogP contribution in [0.1, 0.15) is 39.5 Å². The molecule has 3 nitrogen and oxygen atoms in total. The molecular weight excluding hydrogens is 232 g/mol. The predicted octanol–water partition coefficient (Wildman–Crippen LogP) is 2.57. The molecule has 1 aliphatic rings. The van der Waals surface area contributed by atoms with E-state index in [1.807, 2.05) is 25.6 Å². The van der Waals surface area contributed by atoms with E-state index in [1.54, 1.807) is 0 Å². The molecule has 3 unspecified atom stereocenters. The number of amides is 1. The molecule has 0 spiro atoms. The summed E-state index contributed by atoms with van der Waals surface area (Å²) in [6.45, 7) is 3.83. The monoisotopic (exact) mass is 254 g/mol. The van der Waals surface area contributed by atoms with Gasteiger partial charge in [0.25, 0.3) is 0 Å². The van der Waals surface area contributed by atoms with Gasteiger partial charge < -0.3 is 5.32 Å². The lowest BCUT2D eigenvalue weighted by Gasteiger charge is -2.29. The van der Waals surface area contributed by atoms with Crippen LogP contribution in [0.15, 0.2) is 0 Å². The number of carbonyl (C=O) groups is 1. The van der Waals surface area contributed by atoms with Crippen LogP contribution in [0.3, 0.4) is 0 Å². The largest absolute Gasteiger partial charge is 0.352 e. The minimum absolute atomic E-state index is 0.0833. The fraction of sp³-hybridized carbons (Fsp3) is 0.846. The van der Waals surface area contributed by atoms with Crippen molar-refractivity contribution in [3.63, 3.8) is 0 Å². The van der Waals surface area contributed by atoms with Crippen molar-refractivity contribution in [2.24, 2.45) is 11.8 Å². The highest BCUT2D eigenvalue weighted by Gasteiger charge is 2.27. The second-order valence-electron chi connectivity index (χ2n) is 5.08. The molecule has 1 N–H and O–H groups in total. The van der Waals surface area contributed by atoms with Gasteiger partial charge in [0.15, 0.2) is 0 Å². The third-order valence-electron chi connectivity index (χ3n) is 3.39. The zero-order valence-electron chi connectivity index (χ0n) is 10.9. The summed E-state index contributed by atoms with van der Waals surface area (Å²) in [4.78, 5) is 11.9. The van der Waals surface area contributed by atoms with Crippen LogP contribution in [0, 0.1) is 23.2 Å². The number of hydrogen-bond donors (Lipinski definition) is 1. The molecule has 1 fully saturated rings. The van der Waals surface area contributed by atoms with Crippen molar-refractivity contribution in [1.82, 2.24) is 5.32 Å². The van der Waals surface area contributed by atoms with E-state index in [9.17, 15) is 4.79 Å². The molecule has 0 heterocycles. The summed E-state index contributed by atoms with van der Waals surface area (Å²) in [7, 11) is 0. The minimum Gasteiger partial charge on any atom is -0.352 e. The van der Waals surface area contributed by atoms with E-state index >= 15 is 0 Å². The van der Waals surface area contributed by atoms with Gasteiger partial charge in [0.05, 0.1) is 6.07 Å². The summed E-state index contributed by atoms with van der Waals surface area (Å²) in [6, 6.07) is 2.37. The predicted molar refractivity (Wildman–Crippen MR) is 71.6 cm³/mol. The van der Waals surface area contributed by atoms with E-state index in [4.69, 9.17) is 5.26 Å². The summed E-state index contributed by atoms with van der Waals surface area (Å²) in [5, 5.41) is 12.7. The number of thioether (sulfide) groups is 1. The van der Waals surface area contributed by atoms with Crippen LogP contribution in [-0.2, 0) is 4.79 Å². The number of hydrogen-bond acceptors (Lipinski definition) is 3. The van der Waals surface area contributed by atoms with Crippen LogP contribution < -0.4 is 5.32 Å². The summed E-state index contributed by atoms with van der Waals surface area (Å²) < 4.78 is 0. The maximum Gasteiger partial charge on any atom is 0.237 e. The van der Waals surface area contributed by atoms with E-state index in [0.717, 1.165) is 12.8 Å². The van der Waals surface area contributed by atoms with Crippen molar-refractivity contribution < 1.29 is 4.79 Å². The van der Waals surface area contributed by atoms with Crippen molar-refractivity contribution in [3.8, 4) is 6.07 Å². The molecule has 0 aromatic carbocycles. The van der Waals surface area contributed by atoms with Gasteiger partial charge in [-0.1, -0.05) is 20.3 Å². The minimum atomic E-state index is -0.510. The van der Waals surface area contributed by atoms with Gasteiger partial charge in [-0.2, -0.15) is 17.0 Å². The Balaban J connectivity index is 2.48. The first kappa shape index (κ1) is 14.4. The van der Waals surface area contributed by atoms with E-state index in [1.165, 1.54) is 12.8 Å². The highest BCUT2D eigenvalue weighted by atomic mass is 32.2. The second kappa shape index (κ2) is 6.90. The number of nitriles is 1. The number of rotatable bonds is 4. The average Bonchev–Trinajstić information content (AvgIpc) is 2.29. The first-order valence-electron chi connectivity index (χ1n) is 6.31. The Labute approximate surface area is 108 Å². The van der Waals surface area contributed by atoms with Crippen molar-refractivity contribution in [2.45, 2.75) is 50.8 Å². The summed E-state index contributed by atoms with van der Waals surface area (Å²) >= 11 is 1.88. The van der Waals surface area contributed by atoms with E-state index in [-0.39, 0.29) is 17.9 Å². The van der Waals surface area contributed by atoms with E-state index < -0.39 is 5.92 Å². The maximum absolute atomic E-state index is 11.9. The Morgan fingerprint density at radius 3 is 2.71 bits per heavy atom. The van der Waals surface area contributed by atoms with Gasteiger partial charge >= 0.3 is 0 Å². The maximum atomic E-state index is 11.9. The normalized spacial score (nSPS) is 26.3. The number of nitrogens with zero attached hydrogens (tertiary/aromatic N) is 1. The lowest BCUT2D eigenvalue weighted by Crippen LogP contribution is -2.42. The van der Waals surface area contributed by atoms with Gasteiger partial charge in [-0.25, -0.2) is 0 Å². The lowest BCUT2D eigenvalue weighted by molar-refractivity contribution is -0.125. The molecule has 0 aliphatic heterocycles. The Morgan fingerprint density at radius 1 is 1.47 bits per heavy atom. The Hall–Kier alpha value is -0.690. The van der Waals surface area contributed by atoms with Crippen molar-refractivity contribution in [3.05, 3.63) is 0 Å². The molecular formula is C13H22N2OS. The van der Waals surface area contributed by atoms with Gasteiger partial charge in [0.1, 0.15) is 5.92 Å².